The molecule has 0 aromatic carbocycles. The highest BCUT2D eigenvalue weighted by Crippen LogP contribution is 2.21. The first-order valence-electron chi connectivity index (χ1n) is 3.98. The number of carbonyl (C=O) groups is 1. The van der Waals surface area contributed by atoms with E-state index in [1.165, 1.54) is 13.8 Å². The van der Waals surface area contributed by atoms with Crippen LogP contribution in [0.3, 0.4) is 0 Å². The minimum atomic E-state index is -4.21. The van der Waals surface area contributed by atoms with Crippen molar-refractivity contribution in [3.8, 4) is 0 Å². The molecule has 1 unspecified atom stereocenters. The lowest BCUT2D eigenvalue weighted by molar-refractivity contribution is -0.122. The third kappa shape index (κ3) is 3.57. The van der Waals surface area contributed by atoms with Crippen LogP contribution in [0.15, 0.2) is 12.2 Å². The first-order chi connectivity index (χ1) is 6.12. The van der Waals surface area contributed by atoms with Crippen LogP contribution in [0.25, 0.3) is 0 Å². The molecule has 0 aromatic rings. The van der Waals surface area contributed by atoms with Crippen LogP contribution in [0.2, 0.25) is 0 Å². The van der Waals surface area contributed by atoms with E-state index in [-0.39, 0.29) is 12.1 Å². The molecule has 3 N–H and O–H groups in total. The number of hydrogen-bond acceptors (Lipinski definition) is 4. The number of allylic oxidation sites excluding steroid dienone is 1. The molecule has 0 fully saturated rings. The lowest BCUT2D eigenvalue weighted by Crippen LogP contribution is -2.42. The van der Waals surface area contributed by atoms with Gasteiger partial charge in [-0.3, -0.25) is 9.35 Å². The van der Waals surface area contributed by atoms with Crippen LogP contribution in [0, 0.1) is 5.41 Å². The average Bonchev–Trinajstić information content (AvgIpc) is 1.99. The molecule has 1 atom stereocenters. The maximum absolute atomic E-state index is 11.5. The van der Waals surface area contributed by atoms with Gasteiger partial charge in [-0.25, -0.2) is 0 Å². The summed E-state index contributed by atoms with van der Waals surface area (Å²) in [5.41, 5.74) is 4.25. The van der Waals surface area contributed by atoms with Crippen LogP contribution in [-0.4, -0.2) is 31.1 Å². The zero-order valence-electron chi connectivity index (χ0n) is 8.28. The van der Waals surface area contributed by atoms with Gasteiger partial charge in [0.1, 0.15) is 0 Å². The maximum Gasteiger partial charge on any atom is 0.265 e. The van der Waals surface area contributed by atoms with Gasteiger partial charge in [-0.2, -0.15) is 8.42 Å². The molecule has 82 valence electrons. The molecule has 0 spiro atoms. The van der Waals surface area contributed by atoms with Gasteiger partial charge in [0.15, 0.2) is 5.78 Å². The van der Waals surface area contributed by atoms with Crippen molar-refractivity contribution in [2.45, 2.75) is 13.8 Å². The second kappa shape index (κ2) is 4.20. The van der Waals surface area contributed by atoms with Gasteiger partial charge < -0.3 is 5.73 Å². The summed E-state index contributed by atoms with van der Waals surface area (Å²) in [4.78, 5) is 11.5. The normalized spacial score (nSPS) is 16.0. The third-order valence-corrected chi connectivity index (χ3v) is 2.89. The van der Waals surface area contributed by atoms with Crippen molar-refractivity contribution in [3.63, 3.8) is 0 Å². The van der Waals surface area contributed by atoms with Crippen molar-refractivity contribution in [3.05, 3.63) is 12.2 Å². The summed E-state index contributed by atoms with van der Waals surface area (Å²) in [6.45, 7) is 6.12. The Hall–Kier alpha value is -0.720. The van der Waals surface area contributed by atoms with Gasteiger partial charge in [-0.15, -0.1) is 0 Å². The Balaban J connectivity index is 5.00. The molecule has 0 bridgehead atoms. The van der Waals surface area contributed by atoms with E-state index in [1.807, 2.05) is 0 Å². The second-order valence-corrected chi connectivity index (χ2v) is 5.05. The summed E-state index contributed by atoms with van der Waals surface area (Å²) in [6, 6.07) is 0. The van der Waals surface area contributed by atoms with E-state index >= 15 is 0 Å². The van der Waals surface area contributed by atoms with Gasteiger partial charge >= 0.3 is 0 Å². The van der Waals surface area contributed by atoms with E-state index < -0.39 is 27.1 Å². The SMILES string of the molecule is C=C(C)C(=O)C(C)(CN)CS(=O)(=O)O. The summed E-state index contributed by atoms with van der Waals surface area (Å²) in [5.74, 6) is -1.13. The Morgan fingerprint density at radius 1 is 1.57 bits per heavy atom. The molecule has 0 amide bonds. The number of carbonyl (C=O) groups excluding carboxylic acids is 1. The van der Waals surface area contributed by atoms with Gasteiger partial charge in [0.25, 0.3) is 10.1 Å². The predicted molar refractivity (Wildman–Crippen MR) is 53.4 cm³/mol. The molecule has 0 saturated heterocycles. The van der Waals surface area contributed by atoms with Gasteiger partial charge in [0.2, 0.25) is 0 Å². The minimum Gasteiger partial charge on any atom is -0.329 e. The summed E-state index contributed by atoms with van der Waals surface area (Å²) in [5, 5.41) is 0. The largest absolute Gasteiger partial charge is 0.329 e. The molecule has 0 saturated carbocycles. The highest BCUT2D eigenvalue weighted by molar-refractivity contribution is 7.85. The van der Waals surface area contributed by atoms with E-state index in [0.717, 1.165) is 0 Å². The Morgan fingerprint density at radius 3 is 2.21 bits per heavy atom. The molecule has 0 radical (unpaired) electrons. The highest BCUT2D eigenvalue weighted by Gasteiger charge is 2.36. The molecule has 0 aliphatic carbocycles. The number of hydrogen-bond donors (Lipinski definition) is 2. The number of ketones is 1. The fraction of sp³-hybridized carbons (Fsp3) is 0.625. The lowest BCUT2D eigenvalue weighted by Gasteiger charge is -2.24. The predicted octanol–water partition coefficient (Wildman–Crippen LogP) is -0.0156. The maximum atomic E-state index is 11.5. The van der Waals surface area contributed by atoms with Crippen LogP contribution in [0.5, 0.6) is 0 Å². The molecule has 0 aromatic heterocycles. The van der Waals surface area contributed by atoms with Crippen LogP contribution in [-0.2, 0) is 14.9 Å². The Labute approximate surface area is 83.7 Å². The summed E-state index contributed by atoms with van der Waals surface area (Å²) in [6.07, 6.45) is 0. The molecule has 0 heterocycles. The molecule has 6 heteroatoms. The van der Waals surface area contributed by atoms with Crippen molar-refractivity contribution in [2.24, 2.45) is 11.1 Å². The monoisotopic (exact) mass is 221 g/mol. The van der Waals surface area contributed by atoms with Crippen LogP contribution < -0.4 is 5.73 Å². The van der Waals surface area contributed by atoms with E-state index in [1.54, 1.807) is 0 Å². The number of rotatable bonds is 5. The molecular weight excluding hydrogens is 206 g/mol. The quantitative estimate of drug-likeness (QED) is 0.502. The highest BCUT2D eigenvalue weighted by atomic mass is 32.2. The van der Waals surface area contributed by atoms with Crippen LogP contribution in [0.1, 0.15) is 13.8 Å². The Bertz CT molecular complexity index is 346. The summed E-state index contributed by atoms with van der Waals surface area (Å²) >= 11 is 0. The van der Waals surface area contributed by atoms with Gasteiger partial charge in [0.05, 0.1) is 11.2 Å². The molecular formula is C8H15NO4S. The van der Waals surface area contributed by atoms with E-state index in [2.05, 4.69) is 6.58 Å². The first-order valence-corrected chi connectivity index (χ1v) is 5.59. The van der Waals surface area contributed by atoms with Crippen molar-refractivity contribution < 1.29 is 17.8 Å². The molecule has 5 nitrogen and oxygen atoms in total. The summed E-state index contributed by atoms with van der Waals surface area (Å²) < 4.78 is 30.0. The van der Waals surface area contributed by atoms with E-state index in [4.69, 9.17) is 10.3 Å². The molecule has 0 aliphatic rings. The van der Waals surface area contributed by atoms with E-state index in [9.17, 15) is 13.2 Å². The average molecular weight is 221 g/mol. The third-order valence-electron chi connectivity index (χ3n) is 1.89. The molecule has 0 aliphatic heterocycles. The van der Waals surface area contributed by atoms with Crippen molar-refractivity contribution in [1.29, 1.82) is 0 Å². The number of nitrogens with two attached hydrogens (primary N) is 1. The van der Waals surface area contributed by atoms with Gasteiger partial charge in [-0.1, -0.05) is 6.58 Å². The topological polar surface area (TPSA) is 97.5 Å². The Morgan fingerprint density at radius 2 is 2.00 bits per heavy atom. The summed E-state index contributed by atoms with van der Waals surface area (Å²) in [7, 11) is -4.21. The van der Waals surface area contributed by atoms with Crippen molar-refractivity contribution in [1.82, 2.24) is 0 Å². The standard InChI is InChI=1S/C8H15NO4S/c1-6(2)7(10)8(3,4-9)5-14(11,12)13/h1,4-5,9H2,2-3H3,(H,11,12,13). The van der Waals surface area contributed by atoms with E-state index in [0.29, 0.717) is 0 Å². The molecule has 14 heavy (non-hydrogen) atoms. The minimum absolute atomic E-state index is 0.154. The van der Waals surface area contributed by atoms with Crippen LogP contribution >= 0.6 is 0 Å². The lowest BCUT2D eigenvalue weighted by atomic mass is 9.85. The zero-order chi connectivity index (χ0) is 11.6. The number of Topliss-reactive ketones (excluding diaryl/α,β-unsaturated/α-hetero) is 1. The first kappa shape index (κ1) is 13.3. The fourth-order valence-electron chi connectivity index (χ4n) is 1.13. The molecule has 0 rings (SSSR count). The fourth-order valence-corrected chi connectivity index (χ4v) is 2.19. The van der Waals surface area contributed by atoms with Gasteiger partial charge in [-0.05, 0) is 19.4 Å². The second-order valence-electron chi connectivity index (χ2n) is 3.60. The smallest absolute Gasteiger partial charge is 0.265 e. The van der Waals surface area contributed by atoms with Gasteiger partial charge in [0, 0.05) is 6.54 Å². The zero-order valence-corrected chi connectivity index (χ0v) is 9.10. The van der Waals surface area contributed by atoms with Crippen molar-refractivity contribution in [2.75, 3.05) is 12.3 Å². The Kier molecular flexibility index (Phi) is 3.99. The van der Waals surface area contributed by atoms with Crippen molar-refractivity contribution >= 4 is 15.9 Å². The van der Waals surface area contributed by atoms with Crippen LogP contribution in [0.4, 0.5) is 0 Å².